The minimum Gasteiger partial charge on any atom is -0.388 e. The maximum absolute atomic E-state index is 12.3. The lowest BCUT2D eigenvalue weighted by atomic mass is 9.79. The fourth-order valence-corrected chi connectivity index (χ4v) is 2.70. The van der Waals surface area contributed by atoms with Crippen LogP contribution in [-0.2, 0) is 11.2 Å². The highest BCUT2D eigenvalue weighted by Crippen LogP contribution is 2.31. The molecule has 3 nitrogen and oxygen atoms in total. The monoisotopic (exact) mass is 295 g/mol. The molecule has 0 aromatic heterocycles. The first kappa shape index (κ1) is 15.3. The predicted molar refractivity (Wildman–Crippen MR) is 80.7 cm³/mol. The second kappa shape index (κ2) is 5.74. The Morgan fingerprint density at radius 2 is 2.15 bits per heavy atom. The molecule has 0 heterocycles. The molecule has 0 bridgehead atoms. The molecule has 20 heavy (non-hydrogen) atoms. The number of aliphatic hydroxyl groups is 1. The summed E-state index contributed by atoms with van der Waals surface area (Å²) in [6, 6.07) is 7.57. The molecule has 1 fully saturated rings. The van der Waals surface area contributed by atoms with Crippen LogP contribution in [0.5, 0.6) is 0 Å². The SMILES string of the molecule is CC(C)(Cc1cccc(Cl)c1)C(=O)NCC1(O)CCC1. The van der Waals surface area contributed by atoms with Crippen LogP contribution in [0.4, 0.5) is 0 Å². The zero-order chi connectivity index (χ0) is 14.8. The fraction of sp³-hybridized carbons (Fsp3) is 0.562. The molecule has 2 N–H and O–H groups in total. The Kier molecular flexibility index (Phi) is 4.40. The van der Waals surface area contributed by atoms with Gasteiger partial charge in [0.1, 0.15) is 0 Å². The first-order chi connectivity index (χ1) is 9.31. The highest BCUT2D eigenvalue weighted by Gasteiger charge is 2.36. The van der Waals surface area contributed by atoms with Gasteiger partial charge in [0.15, 0.2) is 0 Å². The standard InChI is InChI=1S/C16H22ClNO2/c1-15(2,10-12-5-3-6-13(17)9-12)14(19)18-11-16(20)7-4-8-16/h3,5-6,9,20H,4,7-8,10-11H2,1-2H3,(H,18,19). The van der Waals surface area contributed by atoms with Gasteiger partial charge in [0, 0.05) is 17.0 Å². The molecule has 4 heteroatoms. The van der Waals surface area contributed by atoms with E-state index in [2.05, 4.69) is 5.32 Å². The maximum atomic E-state index is 12.3. The van der Waals surface area contributed by atoms with Gasteiger partial charge < -0.3 is 10.4 Å². The van der Waals surface area contributed by atoms with Crippen molar-refractivity contribution in [3.05, 3.63) is 34.9 Å². The van der Waals surface area contributed by atoms with Crippen LogP contribution in [0.15, 0.2) is 24.3 Å². The summed E-state index contributed by atoms with van der Waals surface area (Å²) in [4.78, 5) is 12.3. The van der Waals surface area contributed by atoms with Crippen molar-refractivity contribution in [2.45, 2.75) is 45.1 Å². The van der Waals surface area contributed by atoms with Crippen molar-refractivity contribution >= 4 is 17.5 Å². The van der Waals surface area contributed by atoms with Gasteiger partial charge in [0.25, 0.3) is 0 Å². The highest BCUT2D eigenvalue weighted by atomic mass is 35.5. The van der Waals surface area contributed by atoms with Crippen LogP contribution in [0, 0.1) is 5.41 Å². The number of amides is 1. The molecule has 1 aromatic carbocycles. The molecule has 0 unspecified atom stereocenters. The van der Waals surface area contributed by atoms with Crippen molar-refractivity contribution in [1.29, 1.82) is 0 Å². The van der Waals surface area contributed by atoms with E-state index >= 15 is 0 Å². The van der Waals surface area contributed by atoms with E-state index in [1.54, 1.807) is 0 Å². The molecular weight excluding hydrogens is 274 g/mol. The van der Waals surface area contributed by atoms with Crippen LogP contribution in [-0.4, -0.2) is 23.2 Å². The van der Waals surface area contributed by atoms with Gasteiger partial charge in [-0.05, 0) is 43.4 Å². The number of hydrogen-bond donors (Lipinski definition) is 2. The van der Waals surface area contributed by atoms with Crippen molar-refractivity contribution in [1.82, 2.24) is 5.32 Å². The quantitative estimate of drug-likeness (QED) is 0.877. The first-order valence-corrected chi connectivity index (χ1v) is 7.44. The Balaban J connectivity index is 1.93. The summed E-state index contributed by atoms with van der Waals surface area (Å²) in [5.41, 5.74) is -0.160. The van der Waals surface area contributed by atoms with E-state index < -0.39 is 11.0 Å². The second-order valence-electron chi connectivity index (χ2n) is 6.45. The summed E-state index contributed by atoms with van der Waals surface area (Å²) < 4.78 is 0. The van der Waals surface area contributed by atoms with Crippen LogP contribution < -0.4 is 5.32 Å². The number of rotatable bonds is 5. The average Bonchev–Trinajstić information content (AvgIpc) is 2.33. The topological polar surface area (TPSA) is 49.3 Å². The van der Waals surface area contributed by atoms with Gasteiger partial charge in [0.2, 0.25) is 5.91 Å². The zero-order valence-electron chi connectivity index (χ0n) is 12.1. The Morgan fingerprint density at radius 3 is 2.70 bits per heavy atom. The number of nitrogens with one attached hydrogen (secondary N) is 1. The molecule has 1 amide bonds. The summed E-state index contributed by atoms with van der Waals surface area (Å²) >= 11 is 5.97. The second-order valence-corrected chi connectivity index (χ2v) is 6.89. The minimum absolute atomic E-state index is 0.0298. The predicted octanol–water partition coefficient (Wildman–Crippen LogP) is 2.94. The van der Waals surface area contributed by atoms with Gasteiger partial charge in [-0.1, -0.05) is 37.6 Å². The van der Waals surface area contributed by atoms with Gasteiger partial charge in [0.05, 0.1) is 5.60 Å². The summed E-state index contributed by atoms with van der Waals surface area (Å²) in [6.07, 6.45) is 3.22. The first-order valence-electron chi connectivity index (χ1n) is 7.06. The number of halogens is 1. The summed E-state index contributed by atoms with van der Waals surface area (Å²) in [6.45, 7) is 4.17. The van der Waals surface area contributed by atoms with E-state index in [0.29, 0.717) is 18.0 Å². The van der Waals surface area contributed by atoms with Crippen LogP contribution in [0.3, 0.4) is 0 Å². The Labute approximate surface area is 125 Å². The van der Waals surface area contributed by atoms with Gasteiger partial charge >= 0.3 is 0 Å². The van der Waals surface area contributed by atoms with Crippen molar-refractivity contribution in [2.75, 3.05) is 6.54 Å². The molecule has 0 radical (unpaired) electrons. The third kappa shape index (κ3) is 3.74. The van der Waals surface area contributed by atoms with Crippen LogP contribution in [0.1, 0.15) is 38.7 Å². The largest absolute Gasteiger partial charge is 0.388 e. The minimum atomic E-state index is -0.679. The lowest BCUT2D eigenvalue weighted by Crippen LogP contribution is -2.50. The van der Waals surface area contributed by atoms with E-state index in [0.717, 1.165) is 24.8 Å². The number of hydrogen-bond acceptors (Lipinski definition) is 2. The molecule has 1 aliphatic carbocycles. The highest BCUT2D eigenvalue weighted by molar-refractivity contribution is 6.30. The fourth-order valence-electron chi connectivity index (χ4n) is 2.48. The van der Waals surface area contributed by atoms with E-state index in [1.807, 2.05) is 38.1 Å². The number of carbonyl (C=O) groups is 1. The third-order valence-corrected chi connectivity index (χ3v) is 4.25. The van der Waals surface area contributed by atoms with Crippen LogP contribution in [0.2, 0.25) is 5.02 Å². The lowest BCUT2D eigenvalue weighted by molar-refractivity contribution is -0.131. The molecule has 0 saturated heterocycles. The molecule has 0 spiro atoms. The molecule has 1 aromatic rings. The molecule has 110 valence electrons. The van der Waals surface area contributed by atoms with Crippen molar-refractivity contribution in [3.63, 3.8) is 0 Å². The smallest absolute Gasteiger partial charge is 0.226 e. The molecule has 1 aliphatic rings. The van der Waals surface area contributed by atoms with Crippen LogP contribution >= 0.6 is 11.6 Å². The van der Waals surface area contributed by atoms with Gasteiger partial charge in [-0.3, -0.25) is 4.79 Å². The Bertz CT molecular complexity index is 495. The summed E-state index contributed by atoms with van der Waals surface area (Å²) in [5, 5.41) is 13.6. The van der Waals surface area contributed by atoms with Crippen molar-refractivity contribution in [3.8, 4) is 0 Å². The van der Waals surface area contributed by atoms with Crippen LogP contribution in [0.25, 0.3) is 0 Å². The normalized spacial score (nSPS) is 17.4. The summed E-state index contributed by atoms with van der Waals surface area (Å²) in [5.74, 6) is -0.0298. The summed E-state index contributed by atoms with van der Waals surface area (Å²) in [7, 11) is 0. The third-order valence-electron chi connectivity index (χ3n) is 4.01. The average molecular weight is 296 g/mol. The molecule has 1 saturated carbocycles. The van der Waals surface area contributed by atoms with Crippen molar-refractivity contribution < 1.29 is 9.90 Å². The van der Waals surface area contributed by atoms with Gasteiger partial charge in [-0.15, -0.1) is 0 Å². The van der Waals surface area contributed by atoms with E-state index in [1.165, 1.54) is 0 Å². The Hall–Kier alpha value is -1.06. The number of benzene rings is 1. The van der Waals surface area contributed by atoms with Gasteiger partial charge in [-0.2, -0.15) is 0 Å². The van der Waals surface area contributed by atoms with Crippen molar-refractivity contribution in [2.24, 2.45) is 5.41 Å². The zero-order valence-corrected chi connectivity index (χ0v) is 12.8. The van der Waals surface area contributed by atoms with E-state index in [-0.39, 0.29) is 5.91 Å². The molecule has 0 aliphatic heterocycles. The van der Waals surface area contributed by atoms with E-state index in [9.17, 15) is 9.90 Å². The maximum Gasteiger partial charge on any atom is 0.226 e. The van der Waals surface area contributed by atoms with E-state index in [4.69, 9.17) is 11.6 Å². The lowest BCUT2D eigenvalue weighted by Gasteiger charge is -2.37. The Morgan fingerprint density at radius 1 is 1.45 bits per heavy atom. The van der Waals surface area contributed by atoms with Gasteiger partial charge in [-0.25, -0.2) is 0 Å². The molecule has 2 rings (SSSR count). The number of carbonyl (C=O) groups excluding carboxylic acids is 1. The molecular formula is C16H22ClNO2. The molecule has 0 atom stereocenters.